The maximum absolute atomic E-state index is 13.4. The van der Waals surface area contributed by atoms with E-state index < -0.39 is 0 Å². The minimum atomic E-state index is -0.337. The van der Waals surface area contributed by atoms with E-state index in [9.17, 15) is 14.4 Å². The van der Waals surface area contributed by atoms with Crippen molar-refractivity contribution in [3.63, 3.8) is 0 Å². The first-order chi connectivity index (χ1) is 14.1. The molecule has 0 bridgehead atoms. The molecule has 0 unspecified atom stereocenters. The highest BCUT2D eigenvalue weighted by Gasteiger charge is 2.46. The third-order valence-electron chi connectivity index (χ3n) is 5.54. The van der Waals surface area contributed by atoms with Crippen LogP contribution in [0.1, 0.15) is 24.6 Å². The molecule has 2 saturated heterocycles. The average Bonchev–Trinajstić information content (AvgIpc) is 3.35. The maximum Gasteiger partial charge on any atom is 0.409 e. The zero-order valence-corrected chi connectivity index (χ0v) is 17.3. The average molecular weight is 420 g/mol. The third kappa shape index (κ3) is 3.76. The molecule has 4 rings (SSSR count). The lowest BCUT2D eigenvalue weighted by Gasteiger charge is -2.36. The molecule has 8 nitrogen and oxygen atoms in total. The zero-order chi connectivity index (χ0) is 20.4. The molecule has 2 fully saturated rings. The highest BCUT2D eigenvalue weighted by Crippen LogP contribution is 2.36. The number of rotatable bonds is 4. The molecule has 9 heteroatoms. The first-order valence-electron chi connectivity index (χ1n) is 10.0. The second-order valence-corrected chi connectivity index (χ2v) is 8.15. The standard InChI is InChI=1S/C20H25N3O5S/c1-2-28-20(26)22-7-5-14(6-8-22)23-18(24)16(15-4-3-13-29-15)17(19(23)25)21-9-11-27-12-10-21/h3-4,13-14H,2,5-12H2,1H3. The molecule has 1 aromatic heterocycles. The molecule has 29 heavy (non-hydrogen) atoms. The van der Waals surface area contributed by atoms with E-state index in [1.165, 1.54) is 16.2 Å². The van der Waals surface area contributed by atoms with E-state index >= 15 is 0 Å². The number of piperidine rings is 1. The summed E-state index contributed by atoms with van der Waals surface area (Å²) in [5.74, 6) is -0.455. The van der Waals surface area contributed by atoms with Crippen molar-refractivity contribution < 1.29 is 23.9 Å². The Kier molecular flexibility index (Phi) is 5.86. The van der Waals surface area contributed by atoms with Crippen molar-refractivity contribution in [3.8, 4) is 0 Å². The Morgan fingerprint density at radius 1 is 1.17 bits per heavy atom. The third-order valence-corrected chi connectivity index (χ3v) is 6.43. The molecule has 0 N–H and O–H groups in total. The summed E-state index contributed by atoms with van der Waals surface area (Å²) in [6, 6.07) is 3.56. The fraction of sp³-hybridized carbons (Fsp3) is 0.550. The second kappa shape index (κ2) is 8.54. The monoisotopic (exact) mass is 419 g/mol. The first-order valence-corrected chi connectivity index (χ1v) is 10.9. The van der Waals surface area contributed by atoms with E-state index in [0.29, 0.717) is 70.1 Å². The molecule has 0 spiro atoms. The molecule has 1 aromatic rings. The van der Waals surface area contributed by atoms with E-state index in [1.54, 1.807) is 11.8 Å². The van der Waals surface area contributed by atoms with Gasteiger partial charge in [0.05, 0.1) is 25.4 Å². The van der Waals surface area contributed by atoms with Gasteiger partial charge in [0.25, 0.3) is 11.8 Å². The minimum Gasteiger partial charge on any atom is -0.450 e. The Morgan fingerprint density at radius 2 is 1.90 bits per heavy atom. The lowest BCUT2D eigenvalue weighted by atomic mass is 10.0. The largest absolute Gasteiger partial charge is 0.450 e. The van der Waals surface area contributed by atoms with E-state index in [-0.39, 0.29) is 23.9 Å². The van der Waals surface area contributed by atoms with Gasteiger partial charge in [-0.3, -0.25) is 14.5 Å². The molecule has 0 saturated carbocycles. The van der Waals surface area contributed by atoms with Crippen LogP contribution in [0.15, 0.2) is 23.2 Å². The van der Waals surface area contributed by atoms with Gasteiger partial charge in [0.15, 0.2) is 0 Å². The zero-order valence-electron chi connectivity index (χ0n) is 16.5. The van der Waals surface area contributed by atoms with Gasteiger partial charge in [-0.2, -0.15) is 0 Å². The quantitative estimate of drug-likeness (QED) is 0.693. The predicted molar refractivity (Wildman–Crippen MR) is 107 cm³/mol. The number of nitrogens with zero attached hydrogens (tertiary/aromatic N) is 3. The van der Waals surface area contributed by atoms with Crippen molar-refractivity contribution in [1.82, 2.24) is 14.7 Å². The number of imide groups is 1. The lowest BCUT2D eigenvalue weighted by molar-refractivity contribution is -0.141. The summed E-state index contributed by atoms with van der Waals surface area (Å²) in [6.07, 6.45) is 0.783. The normalized spacial score (nSPS) is 21.3. The maximum atomic E-state index is 13.4. The second-order valence-electron chi connectivity index (χ2n) is 7.20. The number of morpholine rings is 1. The summed E-state index contributed by atoms with van der Waals surface area (Å²) >= 11 is 1.47. The van der Waals surface area contributed by atoms with Crippen LogP contribution < -0.4 is 0 Å². The molecule has 0 aliphatic carbocycles. The summed E-state index contributed by atoms with van der Waals surface area (Å²) in [5, 5.41) is 1.91. The molecule has 0 atom stereocenters. The van der Waals surface area contributed by atoms with Gasteiger partial charge >= 0.3 is 6.09 Å². The predicted octanol–water partition coefficient (Wildman–Crippen LogP) is 1.78. The number of amides is 3. The van der Waals surface area contributed by atoms with Crippen LogP contribution in [-0.4, -0.2) is 84.6 Å². The van der Waals surface area contributed by atoms with Crippen LogP contribution in [0.5, 0.6) is 0 Å². The van der Waals surface area contributed by atoms with E-state index in [1.807, 2.05) is 22.4 Å². The number of hydrogen-bond acceptors (Lipinski definition) is 7. The summed E-state index contributed by atoms with van der Waals surface area (Å²) in [4.78, 5) is 44.6. The summed E-state index contributed by atoms with van der Waals surface area (Å²) in [6.45, 7) is 5.33. The number of carbonyl (C=O) groups excluding carboxylic acids is 3. The van der Waals surface area contributed by atoms with Crippen molar-refractivity contribution in [2.24, 2.45) is 0 Å². The van der Waals surface area contributed by atoms with E-state index in [4.69, 9.17) is 9.47 Å². The summed E-state index contributed by atoms with van der Waals surface area (Å²) in [7, 11) is 0. The van der Waals surface area contributed by atoms with Gasteiger partial charge in [0.1, 0.15) is 5.70 Å². The Morgan fingerprint density at radius 3 is 2.52 bits per heavy atom. The number of likely N-dealkylation sites (tertiary alicyclic amines) is 1. The van der Waals surface area contributed by atoms with Crippen molar-refractivity contribution in [1.29, 1.82) is 0 Å². The van der Waals surface area contributed by atoms with Crippen LogP contribution in [0.25, 0.3) is 5.57 Å². The smallest absolute Gasteiger partial charge is 0.409 e. The number of hydrogen-bond donors (Lipinski definition) is 0. The van der Waals surface area contributed by atoms with Gasteiger partial charge in [-0.1, -0.05) is 6.07 Å². The summed E-state index contributed by atoms with van der Waals surface area (Å²) in [5.41, 5.74) is 0.994. The van der Waals surface area contributed by atoms with Gasteiger partial charge < -0.3 is 19.3 Å². The van der Waals surface area contributed by atoms with Crippen LogP contribution in [0, 0.1) is 0 Å². The van der Waals surface area contributed by atoms with Gasteiger partial charge in [0, 0.05) is 37.1 Å². The van der Waals surface area contributed by atoms with Gasteiger partial charge in [0.2, 0.25) is 0 Å². The SMILES string of the molecule is CCOC(=O)N1CCC(N2C(=O)C(c3cccs3)=C(N3CCOCC3)C2=O)CC1. The topological polar surface area (TPSA) is 79.4 Å². The van der Waals surface area contributed by atoms with Crippen molar-refractivity contribution in [2.45, 2.75) is 25.8 Å². The van der Waals surface area contributed by atoms with Crippen LogP contribution in [-0.2, 0) is 19.1 Å². The molecule has 3 aliphatic heterocycles. The van der Waals surface area contributed by atoms with Crippen LogP contribution in [0.2, 0.25) is 0 Å². The molecule has 3 aliphatic rings. The molecular formula is C20H25N3O5S. The van der Waals surface area contributed by atoms with E-state index in [2.05, 4.69) is 0 Å². The van der Waals surface area contributed by atoms with Crippen molar-refractivity contribution in [3.05, 3.63) is 28.1 Å². The highest BCUT2D eigenvalue weighted by molar-refractivity contribution is 7.11. The van der Waals surface area contributed by atoms with Gasteiger partial charge in [-0.05, 0) is 31.2 Å². The highest BCUT2D eigenvalue weighted by atomic mass is 32.1. The molecule has 0 aromatic carbocycles. The number of thiophene rings is 1. The lowest BCUT2D eigenvalue weighted by Crippen LogP contribution is -2.50. The van der Waals surface area contributed by atoms with Gasteiger partial charge in [-0.15, -0.1) is 11.3 Å². The van der Waals surface area contributed by atoms with Crippen LogP contribution in [0.4, 0.5) is 4.79 Å². The Balaban J connectivity index is 1.56. The fourth-order valence-corrected chi connectivity index (χ4v) is 4.87. The Bertz CT molecular complexity index is 808. The molecular weight excluding hydrogens is 394 g/mol. The van der Waals surface area contributed by atoms with Crippen LogP contribution in [0.3, 0.4) is 0 Å². The number of carbonyl (C=O) groups is 3. The summed E-state index contributed by atoms with van der Waals surface area (Å²) < 4.78 is 10.5. The van der Waals surface area contributed by atoms with Crippen molar-refractivity contribution >= 4 is 34.8 Å². The molecule has 3 amide bonds. The van der Waals surface area contributed by atoms with Crippen molar-refractivity contribution in [2.75, 3.05) is 46.0 Å². The van der Waals surface area contributed by atoms with E-state index in [0.717, 1.165) is 4.88 Å². The number of ether oxygens (including phenoxy) is 2. The molecule has 156 valence electrons. The minimum absolute atomic E-state index is 0.214. The first kappa shape index (κ1) is 19.9. The van der Waals surface area contributed by atoms with Gasteiger partial charge in [-0.25, -0.2) is 4.79 Å². The Labute approximate surface area is 173 Å². The molecule has 4 heterocycles. The fourth-order valence-electron chi connectivity index (χ4n) is 4.11. The Hall–Kier alpha value is -2.39. The molecule has 0 radical (unpaired) electrons. The van der Waals surface area contributed by atoms with Crippen LogP contribution >= 0.6 is 11.3 Å².